The minimum absolute atomic E-state index is 0.623. The van der Waals surface area contributed by atoms with E-state index in [2.05, 4.69) is 46.9 Å². The lowest BCUT2D eigenvalue weighted by atomic mass is 10.1. The molecule has 14 heavy (non-hydrogen) atoms. The molecule has 1 atom stereocenters. The number of hydrogen-bond donors (Lipinski definition) is 0. The number of halogens is 1. The van der Waals surface area contributed by atoms with Gasteiger partial charge in [-0.25, -0.2) is 0 Å². The van der Waals surface area contributed by atoms with E-state index in [0.717, 1.165) is 12.8 Å². The molecule has 0 saturated carbocycles. The molecule has 1 heterocycles. The van der Waals surface area contributed by atoms with Gasteiger partial charge < -0.3 is 0 Å². The van der Waals surface area contributed by atoms with Crippen molar-refractivity contribution in [2.24, 2.45) is 0 Å². The highest BCUT2D eigenvalue weighted by molar-refractivity contribution is 9.09. The number of aromatic nitrogens is 1. The highest BCUT2D eigenvalue weighted by atomic mass is 79.9. The standard InChI is InChI=1S/C12H18BrN/c1-3-11-7-8-12(14-9-11)6-4-5-10(2)13/h7-10H,3-6H2,1-2H3. The summed E-state index contributed by atoms with van der Waals surface area (Å²) in [6.07, 6.45) is 6.60. The average Bonchev–Trinajstić information content (AvgIpc) is 2.18. The molecule has 0 aliphatic rings. The summed E-state index contributed by atoms with van der Waals surface area (Å²) in [6.45, 7) is 4.34. The van der Waals surface area contributed by atoms with Crippen LogP contribution in [0.4, 0.5) is 0 Å². The third-order valence-corrected chi connectivity index (χ3v) is 2.79. The molecule has 1 rings (SSSR count). The number of rotatable bonds is 5. The van der Waals surface area contributed by atoms with E-state index >= 15 is 0 Å². The molecule has 0 saturated heterocycles. The number of hydrogen-bond acceptors (Lipinski definition) is 1. The normalized spacial score (nSPS) is 12.8. The molecule has 0 aromatic carbocycles. The molecule has 0 bridgehead atoms. The monoisotopic (exact) mass is 255 g/mol. The van der Waals surface area contributed by atoms with Crippen molar-refractivity contribution in [1.29, 1.82) is 0 Å². The van der Waals surface area contributed by atoms with Crippen LogP contribution in [0.2, 0.25) is 0 Å². The molecule has 0 amide bonds. The lowest BCUT2D eigenvalue weighted by Gasteiger charge is -2.03. The topological polar surface area (TPSA) is 12.9 Å². The Morgan fingerprint density at radius 3 is 2.71 bits per heavy atom. The third-order valence-electron chi connectivity index (χ3n) is 2.33. The molecular formula is C12H18BrN. The summed E-state index contributed by atoms with van der Waals surface area (Å²) in [5.41, 5.74) is 2.54. The Hall–Kier alpha value is -0.370. The van der Waals surface area contributed by atoms with Crippen molar-refractivity contribution < 1.29 is 0 Å². The molecule has 1 aromatic rings. The molecule has 78 valence electrons. The molecule has 0 aliphatic heterocycles. The van der Waals surface area contributed by atoms with Gasteiger partial charge in [-0.15, -0.1) is 0 Å². The Morgan fingerprint density at radius 1 is 1.43 bits per heavy atom. The summed E-state index contributed by atoms with van der Waals surface area (Å²) in [5, 5.41) is 0. The van der Waals surface area contributed by atoms with Crippen molar-refractivity contribution in [3.63, 3.8) is 0 Å². The smallest absolute Gasteiger partial charge is 0.0403 e. The van der Waals surface area contributed by atoms with E-state index in [4.69, 9.17) is 0 Å². The molecular weight excluding hydrogens is 238 g/mol. The van der Waals surface area contributed by atoms with Gasteiger partial charge in [0.2, 0.25) is 0 Å². The second-order valence-electron chi connectivity index (χ2n) is 3.68. The van der Waals surface area contributed by atoms with Crippen molar-refractivity contribution in [2.45, 2.75) is 44.4 Å². The largest absolute Gasteiger partial charge is 0.261 e. The first-order chi connectivity index (χ1) is 6.72. The van der Waals surface area contributed by atoms with Gasteiger partial charge in [0.05, 0.1) is 0 Å². The van der Waals surface area contributed by atoms with Crippen molar-refractivity contribution in [2.75, 3.05) is 0 Å². The van der Waals surface area contributed by atoms with Gasteiger partial charge in [0.25, 0.3) is 0 Å². The SMILES string of the molecule is CCc1ccc(CCCC(C)Br)nc1. The molecule has 2 heteroatoms. The quantitative estimate of drug-likeness (QED) is 0.731. The zero-order chi connectivity index (χ0) is 10.4. The molecule has 1 nitrogen and oxygen atoms in total. The molecule has 0 N–H and O–H groups in total. The highest BCUT2D eigenvalue weighted by Crippen LogP contribution is 2.10. The van der Waals surface area contributed by atoms with E-state index in [9.17, 15) is 0 Å². The minimum Gasteiger partial charge on any atom is -0.261 e. The second-order valence-corrected chi connectivity index (χ2v) is 5.25. The van der Waals surface area contributed by atoms with Crippen LogP contribution in [0.1, 0.15) is 37.9 Å². The summed E-state index contributed by atoms with van der Waals surface area (Å²) in [7, 11) is 0. The van der Waals surface area contributed by atoms with Crippen molar-refractivity contribution in [1.82, 2.24) is 4.98 Å². The van der Waals surface area contributed by atoms with Crippen molar-refractivity contribution in [3.05, 3.63) is 29.6 Å². The van der Waals surface area contributed by atoms with Gasteiger partial charge in [0.15, 0.2) is 0 Å². The van der Waals surface area contributed by atoms with Crippen LogP contribution in [0.25, 0.3) is 0 Å². The summed E-state index contributed by atoms with van der Waals surface area (Å²) >= 11 is 3.55. The first-order valence-corrected chi connectivity index (χ1v) is 6.21. The average molecular weight is 256 g/mol. The molecule has 0 fully saturated rings. The Morgan fingerprint density at radius 2 is 2.21 bits per heavy atom. The fourth-order valence-electron chi connectivity index (χ4n) is 1.38. The maximum atomic E-state index is 4.43. The Bertz CT molecular complexity index is 254. The molecule has 0 radical (unpaired) electrons. The van der Waals surface area contributed by atoms with Gasteiger partial charge in [-0.2, -0.15) is 0 Å². The van der Waals surface area contributed by atoms with Gasteiger partial charge >= 0.3 is 0 Å². The maximum Gasteiger partial charge on any atom is 0.0403 e. The summed E-state index contributed by atoms with van der Waals surface area (Å²) in [5.74, 6) is 0. The van der Waals surface area contributed by atoms with E-state index in [0.29, 0.717) is 4.83 Å². The van der Waals surface area contributed by atoms with E-state index in [1.54, 1.807) is 0 Å². The predicted molar refractivity (Wildman–Crippen MR) is 64.9 cm³/mol. The zero-order valence-electron chi connectivity index (χ0n) is 8.96. The summed E-state index contributed by atoms with van der Waals surface area (Å²) < 4.78 is 0. The Labute approximate surface area is 95.1 Å². The zero-order valence-corrected chi connectivity index (χ0v) is 10.5. The van der Waals surface area contributed by atoms with E-state index in [1.165, 1.54) is 24.1 Å². The van der Waals surface area contributed by atoms with E-state index in [1.807, 2.05) is 6.20 Å². The second kappa shape index (κ2) is 6.18. The number of nitrogens with zero attached hydrogens (tertiary/aromatic N) is 1. The van der Waals surface area contributed by atoms with Crippen molar-refractivity contribution >= 4 is 15.9 Å². The fourth-order valence-corrected chi connectivity index (χ4v) is 1.70. The van der Waals surface area contributed by atoms with Crippen LogP contribution in [0.15, 0.2) is 18.3 Å². The number of aryl methyl sites for hydroxylation is 2. The van der Waals surface area contributed by atoms with Crippen LogP contribution in [0, 0.1) is 0 Å². The summed E-state index contributed by atoms with van der Waals surface area (Å²) in [4.78, 5) is 5.05. The van der Waals surface area contributed by atoms with Gasteiger partial charge in [-0.05, 0) is 37.3 Å². The van der Waals surface area contributed by atoms with Crippen LogP contribution in [0.3, 0.4) is 0 Å². The number of pyridine rings is 1. The predicted octanol–water partition coefficient (Wildman–Crippen LogP) is 3.75. The Kier molecular flexibility index (Phi) is 5.16. The van der Waals surface area contributed by atoms with Crippen LogP contribution < -0.4 is 0 Å². The lowest BCUT2D eigenvalue weighted by Crippen LogP contribution is -1.95. The van der Waals surface area contributed by atoms with E-state index in [-0.39, 0.29) is 0 Å². The fraction of sp³-hybridized carbons (Fsp3) is 0.583. The molecule has 1 aromatic heterocycles. The first kappa shape index (κ1) is 11.7. The molecule has 0 spiro atoms. The van der Waals surface area contributed by atoms with Crippen LogP contribution in [0.5, 0.6) is 0 Å². The number of alkyl halides is 1. The van der Waals surface area contributed by atoms with Crippen LogP contribution in [-0.2, 0) is 12.8 Å². The third kappa shape index (κ3) is 4.23. The van der Waals surface area contributed by atoms with E-state index < -0.39 is 0 Å². The lowest BCUT2D eigenvalue weighted by molar-refractivity contribution is 0.724. The highest BCUT2D eigenvalue weighted by Gasteiger charge is 1.98. The van der Waals surface area contributed by atoms with Gasteiger partial charge in [-0.1, -0.05) is 35.8 Å². The van der Waals surface area contributed by atoms with Gasteiger partial charge in [-0.3, -0.25) is 4.98 Å². The van der Waals surface area contributed by atoms with Crippen LogP contribution >= 0.6 is 15.9 Å². The Balaban J connectivity index is 2.36. The molecule has 0 aliphatic carbocycles. The molecule has 1 unspecified atom stereocenters. The van der Waals surface area contributed by atoms with Crippen LogP contribution in [-0.4, -0.2) is 9.81 Å². The van der Waals surface area contributed by atoms with Crippen molar-refractivity contribution in [3.8, 4) is 0 Å². The van der Waals surface area contributed by atoms with Gasteiger partial charge in [0, 0.05) is 16.7 Å². The van der Waals surface area contributed by atoms with Gasteiger partial charge in [0.1, 0.15) is 0 Å². The minimum atomic E-state index is 0.623. The summed E-state index contributed by atoms with van der Waals surface area (Å²) in [6, 6.07) is 4.33. The maximum absolute atomic E-state index is 4.43. The first-order valence-electron chi connectivity index (χ1n) is 5.30.